The van der Waals surface area contributed by atoms with Gasteiger partial charge in [-0.25, -0.2) is 9.69 Å². The highest BCUT2D eigenvalue weighted by Crippen LogP contribution is 2.41. The Balaban J connectivity index is 1.54. The van der Waals surface area contributed by atoms with Crippen molar-refractivity contribution in [3.05, 3.63) is 162 Å². The first-order valence-corrected chi connectivity index (χ1v) is 13.8. The molecule has 0 bridgehead atoms. The van der Waals surface area contributed by atoms with Crippen molar-refractivity contribution in [3.63, 3.8) is 0 Å². The Labute approximate surface area is 249 Å². The van der Waals surface area contributed by atoms with E-state index in [2.05, 4.69) is 62.8 Å². The molecule has 0 atom stereocenters. The van der Waals surface area contributed by atoms with Gasteiger partial charge in [-0.1, -0.05) is 84.9 Å². The van der Waals surface area contributed by atoms with Gasteiger partial charge in [0.15, 0.2) is 11.4 Å². The summed E-state index contributed by atoms with van der Waals surface area (Å²) in [5.41, 5.74) is 9.77. The van der Waals surface area contributed by atoms with Gasteiger partial charge in [0.05, 0.1) is 29.7 Å². The fourth-order valence-electron chi connectivity index (χ4n) is 5.89. The standard InChI is InChI=1S/C39H22N4/c1-41-30-17-18-39-36(24-30)33-15-9-10-16-38(33)43(39)32-20-29(19-31(23-32)42-2)35-22-28(26-11-5-3-6-12-26)21-34(37(35)25-40)27-13-7-4-8-14-27/h3-24H. The fourth-order valence-corrected chi connectivity index (χ4v) is 5.89. The van der Waals surface area contributed by atoms with Crippen LogP contribution in [0, 0.1) is 24.5 Å². The summed E-state index contributed by atoms with van der Waals surface area (Å²) in [6.07, 6.45) is 0. The molecule has 4 nitrogen and oxygen atoms in total. The summed E-state index contributed by atoms with van der Waals surface area (Å²) in [6.45, 7) is 15.5. The molecule has 0 radical (unpaired) electrons. The molecule has 0 unspecified atom stereocenters. The number of nitriles is 1. The lowest BCUT2D eigenvalue weighted by Gasteiger charge is -2.16. The van der Waals surface area contributed by atoms with Gasteiger partial charge in [0.1, 0.15) is 6.07 Å². The van der Waals surface area contributed by atoms with Gasteiger partial charge >= 0.3 is 0 Å². The molecule has 4 heteroatoms. The second-order valence-electron chi connectivity index (χ2n) is 10.3. The van der Waals surface area contributed by atoms with E-state index in [0.29, 0.717) is 16.9 Å². The number of aromatic nitrogens is 1. The number of hydrogen-bond donors (Lipinski definition) is 0. The van der Waals surface area contributed by atoms with Gasteiger partial charge in [-0.2, -0.15) is 5.26 Å². The zero-order chi connectivity index (χ0) is 29.3. The van der Waals surface area contributed by atoms with Crippen LogP contribution in [0.15, 0.2) is 133 Å². The smallest absolute Gasteiger partial charge is 0.189 e. The van der Waals surface area contributed by atoms with Crippen LogP contribution in [0.5, 0.6) is 0 Å². The Kier molecular flexibility index (Phi) is 6.26. The molecule has 0 aliphatic rings. The lowest BCUT2D eigenvalue weighted by molar-refractivity contribution is 1.18. The molecule has 0 fully saturated rings. The number of fused-ring (bicyclic) bond motifs is 3. The van der Waals surface area contributed by atoms with Crippen LogP contribution >= 0.6 is 0 Å². The first kappa shape index (κ1) is 25.6. The Bertz CT molecular complexity index is 2310. The number of benzene rings is 6. The Morgan fingerprint density at radius 2 is 1.14 bits per heavy atom. The maximum absolute atomic E-state index is 10.6. The summed E-state index contributed by atoms with van der Waals surface area (Å²) in [6, 6.07) is 46.4. The molecule has 43 heavy (non-hydrogen) atoms. The highest BCUT2D eigenvalue weighted by Gasteiger charge is 2.18. The van der Waals surface area contributed by atoms with Crippen molar-refractivity contribution in [2.24, 2.45) is 0 Å². The lowest BCUT2D eigenvalue weighted by Crippen LogP contribution is -1.96. The van der Waals surface area contributed by atoms with Crippen LogP contribution < -0.4 is 0 Å². The van der Waals surface area contributed by atoms with E-state index in [0.717, 1.165) is 60.9 Å². The second kappa shape index (κ2) is 10.5. The topological polar surface area (TPSA) is 37.4 Å². The second-order valence-corrected chi connectivity index (χ2v) is 10.3. The summed E-state index contributed by atoms with van der Waals surface area (Å²) in [7, 11) is 0. The Morgan fingerprint density at radius 3 is 1.84 bits per heavy atom. The number of rotatable bonds is 4. The van der Waals surface area contributed by atoms with Crippen molar-refractivity contribution >= 4 is 33.2 Å². The summed E-state index contributed by atoms with van der Waals surface area (Å²) in [5, 5.41) is 12.6. The highest BCUT2D eigenvalue weighted by molar-refractivity contribution is 6.10. The highest BCUT2D eigenvalue weighted by atomic mass is 15.0. The molecule has 1 aromatic heterocycles. The summed E-state index contributed by atoms with van der Waals surface area (Å²) >= 11 is 0. The van der Waals surface area contributed by atoms with Gasteiger partial charge < -0.3 is 4.57 Å². The van der Waals surface area contributed by atoms with E-state index in [1.54, 1.807) is 0 Å². The SMILES string of the molecule is [C-]#[N+]c1cc(-c2cc(-c3ccccc3)cc(-c3ccccc3)c2C#N)cc(-n2c3ccccc3c3cc([N+]#[C-])ccc32)c1. The molecule has 6 aromatic carbocycles. The van der Waals surface area contributed by atoms with Gasteiger partial charge in [-0.15, -0.1) is 0 Å². The Morgan fingerprint density at radius 1 is 0.512 bits per heavy atom. The number of para-hydroxylation sites is 1. The molecular weight excluding hydrogens is 524 g/mol. The minimum atomic E-state index is 0.478. The van der Waals surface area contributed by atoms with Crippen molar-refractivity contribution in [3.8, 4) is 45.1 Å². The predicted molar refractivity (Wildman–Crippen MR) is 174 cm³/mol. The molecule has 198 valence electrons. The third kappa shape index (κ3) is 4.39. The van der Waals surface area contributed by atoms with Gasteiger partial charge in [0.25, 0.3) is 0 Å². The molecule has 1 heterocycles. The molecule has 0 saturated heterocycles. The maximum atomic E-state index is 10.6. The van der Waals surface area contributed by atoms with Crippen molar-refractivity contribution < 1.29 is 0 Å². The van der Waals surface area contributed by atoms with E-state index in [9.17, 15) is 5.26 Å². The number of hydrogen-bond acceptors (Lipinski definition) is 1. The molecule has 7 aromatic rings. The van der Waals surface area contributed by atoms with Crippen molar-refractivity contribution in [2.75, 3.05) is 0 Å². The van der Waals surface area contributed by atoms with Crippen LogP contribution in [-0.4, -0.2) is 4.57 Å². The maximum Gasteiger partial charge on any atom is 0.189 e. The van der Waals surface area contributed by atoms with Crippen molar-refractivity contribution in [2.45, 2.75) is 0 Å². The van der Waals surface area contributed by atoms with E-state index in [-0.39, 0.29) is 0 Å². The normalized spacial score (nSPS) is 10.7. The van der Waals surface area contributed by atoms with E-state index < -0.39 is 0 Å². The average molecular weight is 547 g/mol. The van der Waals surface area contributed by atoms with E-state index in [4.69, 9.17) is 13.1 Å². The zero-order valence-corrected chi connectivity index (χ0v) is 23.0. The van der Waals surface area contributed by atoms with Crippen LogP contribution in [0.3, 0.4) is 0 Å². The molecule has 0 aliphatic carbocycles. The van der Waals surface area contributed by atoms with Gasteiger partial charge in [0.2, 0.25) is 0 Å². The van der Waals surface area contributed by atoms with Crippen molar-refractivity contribution in [1.82, 2.24) is 4.57 Å². The minimum Gasteiger partial charge on any atom is -0.311 e. The summed E-state index contributed by atoms with van der Waals surface area (Å²) in [5.74, 6) is 0. The van der Waals surface area contributed by atoms with Gasteiger partial charge in [-0.3, -0.25) is 0 Å². The van der Waals surface area contributed by atoms with Crippen LogP contribution in [0.4, 0.5) is 11.4 Å². The van der Waals surface area contributed by atoms with Crippen molar-refractivity contribution in [1.29, 1.82) is 5.26 Å². The lowest BCUT2D eigenvalue weighted by atomic mass is 9.88. The van der Waals surface area contributed by atoms with Gasteiger partial charge in [-0.05, 0) is 81.7 Å². The predicted octanol–water partition coefficient (Wildman–Crippen LogP) is 10.8. The number of nitrogens with zero attached hydrogens (tertiary/aromatic N) is 4. The molecule has 0 amide bonds. The zero-order valence-electron chi connectivity index (χ0n) is 23.0. The molecule has 0 spiro atoms. The molecule has 0 aliphatic heterocycles. The first-order valence-electron chi connectivity index (χ1n) is 13.8. The first-order chi connectivity index (χ1) is 21.2. The monoisotopic (exact) mass is 546 g/mol. The van der Waals surface area contributed by atoms with Gasteiger partial charge in [0, 0.05) is 16.6 Å². The van der Waals surface area contributed by atoms with E-state index in [1.165, 1.54) is 0 Å². The summed E-state index contributed by atoms with van der Waals surface area (Å²) < 4.78 is 2.14. The minimum absolute atomic E-state index is 0.478. The van der Waals surface area contributed by atoms with Crippen LogP contribution in [0.2, 0.25) is 0 Å². The van der Waals surface area contributed by atoms with Crippen LogP contribution in [-0.2, 0) is 0 Å². The average Bonchev–Trinajstić information content (AvgIpc) is 3.41. The molecule has 0 saturated carbocycles. The summed E-state index contributed by atoms with van der Waals surface area (Å²) in [4.78, 5) is 7.49. The van der Waals surface area contributed by atoms with Crippen LogP contribution in [0.25, 0.3) is 70.6 Å². The fraction of sp³-hybridized carbons (Fsp3) is 0. The molecule has 0 N–H and O–H groups in total. The molecular formula is C39H22N4. The third-order valence-corrected chi connectivity index (χ3v) is 7.83. The largest absolute Gasteiger partial charge is 0.311 e. The third-order valence-electron chi connectivity index (χ3n) is 7.83. The van der Waals surface area contributed by atoms with E-state index >= 15 is 0 Å². The van der Waals surface area contributed by atoms with E-state index in [1.807, 2.05) is 91.0 Å². The Hall–Kier alpha value is -6.41. The quantitative estimate of drug-likeness (QED) is 0.202. The van der Waals surface area contributed by atoms with Crippen LogP contribution in [0.1, 0.15) is 5.56 Å². The molecule has 7 rings (SSSR count).